The molecular weight excluding hydrogens is 264 g/mol. The molecule has 0 saturated carbocycles. The zero-order chi connectivity index (χ0) is 15.4. The molecule has 0 amide bonds. The molecule has 4 nitrogen and oxygen atoms in total. The van der Waals surface area contributed by atoms with Crippen molar-refractivity contribution in [2.24, 2.45) is 11.8 Å². The van der Waals surface area contributed by atoms with E-state index in [1.165, 1.54) is 5.56 Å². The molecule has 4 heteroatoms. The number of pyridine rings is 1. The van der Waals surface area contributed by atoms with Crippen molar-refractivity contribution < 1.29 is 9.47 Å². The summed E-state index contributed by atoms with van der Waals surface area (Å²) in [6.07, 6.45) is 4.26. The summed E-state index contributed by atoms with van der Waals surface area (Å²) < 4.78 is 11.6. The van der Waals surface area contributed by atoms with Gasteiger partial charge in [-0.3, -0.25) is 4.98 Å². The predicted octanol–water partition coefficient (Wildman–Crippen LogP) is 3.19. The van der Waals surface area contributed by atoms with Gasteiger partial charge >= 0.3 is 0 Å². The lowest BCUT2D eigenvalue weighted by atomic mass is 9.81. The summed E-state index contributed by atoms with van der Waals surface area (Å²) in [5.41, 5.74) is 1.18. The third-order valence-electron chi connectivity index (χ3n) is 4.53. The maximum Gasteiger partial charge on any atom is 0.137 e. The molecule has 1 aromatic rings. The minimum atomic E-state index is 0.245. The first-order chi connectivity index (χ1) is 10.1. The van der Waals surface area contributed by atoms with E-state index >= 15 is 0 Å². The molecule has 5 unspecified atom stereocenters. The van der Waals surface area contributed by atoms with Crippen LogP contribution < -0.4 is 10.1 Å². The van der Waals surface area contributed by atoms with Gasteiger partial charge in [0.25, 0.3) is 0 Å². The van der Waals surface area contributed by atoms with Crippen LogP contribution in [-0.4, -0.2) is 30.3 Å². The lowest BCUT2D eigenvalue weighted by Crippen LogP contribution is -2.35. The van der Waals surface area contributed by atoms with Crippen LogP contribution in [0.25, 0.3) is 0 Å². The van der Waals surface area contributed by atoms with Crippen molar-refractivity contribution in [1.82, 2.24) is 10.3 Å². The van der Waals surface area contributed by atoms with Gasteiger partial charge in [0, 0.05) is 18.2 Å². The molecule has 2 rings (SSSR count). The van der Waals surface area contributed by atoms with E-state index in [0.29, 0.717) is 24.5 Å². The van der Waals surface area contributed by atoms with Gasteiger partial charge in [0.15, 0.2) is 0 Å². The van der Waals surface area contributed by atoms with E-state index in [4.69, 9.17) is 9.47 Å². The third kappa shape index (κ3) is 3.55. The molecule has 1 fully saturated rings. The summed E-state index contributed by atoms with van der Waals surface area (Å²) in [5.74, 6) is 1.79. The second kappa shape index (κ2) is 7.23. The molecule has 1 aliphatic rings. The van der Waals surface area contributed by atoms with Gasteiger partial charge in [0.1, 0.15) is 5.75 Å². The van der Waals surface area contributed by atoms with E-state index in [-0.39, 0.29) is 12.1 Å². The first kappa shape index (κ1) is 16.2. The Balaban J connectivity index is 2.28. The molecule has 1 aliphatic heterocycles. The highest BCUT2D eigenvalue weighted by atomic mass is 16.5. The molecule has 0 bridgehead atoms. The molecule has 2 heterocycles. The van der Waals surface area contributed by atoms with E-state index in [9.17, 15) is 0 Å². The molecule has 5 atom stereocenters. The summed E-state index contributed by atoms with van der Waals surface area (Å²) in [6, 6.07) is 2.35. The van der Waals surface area contributed by atoms with Crippen molar-refractivity contribution >= 4 is 0 Å². The van der Waals surface area contributed by atoms with Crippen LogP contribution in [0, 0.1) is 11.8 Å². The van der Waals surface area contributed by atoms with Crippen LogP contribution in [0.15, 0.2) is 18.5 Å². The average molecular weight is 292 g/mol. The molecule has 1 saturated heterocycles. The monoisotopic (exact) mass is 292 g/mol. The van der Waals surface area contributed by atoms with E-state index in [2.05, 4.69) is 44.1 Å². The SMILES string of the molecule is CCNC(c1cncc(OCC)c1)C1C(C)OC(C)C1C. The predicted molar refractivity (Wildman–Crippen MR) is 84.5 cm³/mol. The van der Waals surface area contributed by atoms with Crippen LogP contribution in [0.1, 0.15) is 46.2 Å². The quantitative estimate of drug-likeness (QED) is 0.874. The Labute approximate surface area is 128 Å². The molecule has 1 N–H and O–H groups in total. The first-order valence-electron chi connectivity index (χ1n) is 8.05. The third-order valence-corrected chi connectivity index (χ3v) is 4.53. The fourth-order valence-electron chi connectivity index (χ4n) is 3.42. The van der Waals surface area contributed by atoms with Gasteiger partial charge < -0.3 is 14.8 Å². The molecule has 118 valence electrons. The molecule has 0 aromatic carbocycles. The summed E-state index contributed by atoms with van der Waals surface area (Å²) in [6.45, 7) is 12.3. The van der Waals surface area contributed by atoms with Crippen molar-refractivity contribution in [3.63, 3.8) is 0 Å². The maximum absolute atomic E-state index is 6.02. The Kier molecular flexibility index (Phi) is 5.59. The molecule has 21 heavy (non-hydrogen) atoms. The number of nitrogens with zero attached hydrogens (tertiary/aromatic N) is 1. The van der Waals surface area contributed by atoms with Crippen LogP contribution in [-0.2, 0) is 4.74 Å². The number of nitrogens with one attached hydrogen (secondary N) is 1. The Morgan fingerprint density at radius 2 is 2.00 bits per heavy atom. The summed E-state index contributed by atoms with van der Waals surface area (Å²) in [7, 11) is 0. The highest BCUT2D eigenvalue weighted by Crippen LogP contribution is 2.40. The van der Waals surface area contributed by atoms with Gasteiger partial charge in [0.2, 0.25) is 0 Å². The highest BCUT2D eigenvalue weighted by molar-refractivity contribution is 5.27. The lowest BCUT2D eigenvalue weighted by molar-refractivity contribution is 0.0475. The van der Waals surface area contributed by atoms with E-state index < -0.39 is 0 Å². The van der Waals surface area contributed by atoms with E-state index in [0.717, 1.165) is 12.3 Å². The Morgan fingerprint density at radius 1 is 1.24 bits per heavy atom. The van der Waals surface area contributed by atoms with Crippen LogP contribution in [0.4, 0.5) is 0 Å². The van der Waals surface area contributed by atoms with Gasteiger partial charge in [0.05, 0.1) is 25.0 Å². The Hall–Kier alpha value is -1.13. The number of rotatable bonds is 6. The molecule has 0 radical (unpaired) electrons. The maximum atomic E-state index is 6.02. The van der Waals surface area contributed by atoms with Gasteiger partial charge in [-0.1, -0.05) is 13.8 Å². The van der Waals surface area contributed by atoms with Crippen molar-refractivity contribution in [3.05, 3.63) is 24.0 Å². The van der Waals surface area contributed by atoms with Crippen molar-refractivity contribution in [1.29, 1.82) is 0 Å². The normalized spacial score (nSPS) is 30.3. The van der Waals surface area contributed by atoms with Gasteiger partial charge in [-0.15, -0.1) is 0 Å². The molecule has 1 aromatic heterocycles. The summed E-state index contributed by atoms with van der Waals surface area (Å²) in [5, 5.41) is 3.62. The van der Waals surface area contributed by atoms with Crippen LogP contribution in [0.5, 0.6) is 5.75 Å². The topological polar surface area (TPSA) is 43.4 Å². The fraction of sp³-hybridized carbons (Fsp3) is 0.706. The number of ether oxygens (including phenoxy) is 2. The minimum Gasteiger partial charge on any atom is -0.492 e. The van der Waals surface area contributed by atoms with Gasteiger partial charge in [-0.05, 0) is 44.9 Å². The first-order valence-corrected chi connectivity index (χ1v) is 8.05. The largest absolute Gasteiger partial charge is 0.492 e. The second-order valence-electron chi connectivity index (χ2n) is 5.91. The smallest absolute Gasteiger partial charge is 0.137 e. The highest BCUT2D eigenvalue weighted by Gasteiger charge is 2.42. The van der Waals surface area contributed by atoms with Gasteiger partial charge in [-0.25, -0.2) is 0 Å². The van der Waals surface area contributed by atoms with Crippen LogP contribution >= 0.6 is 0 Å². The molecular formula is C17H28N2O2. The van der Waals surface area contributed by atoms with Crippen molar-refractivity contribution in [2.75, 3.05) is 13.2 Å². The zero-order valence-corrected chi connectivity index (χ0v) is 13.8. The molecule has 0 spiro atoms. The lowest BCUT2D eigenvalue weighted by Gasteiger charge is -2.30. The van der Waals surface area contributed by atoms with Crippen molar-refractivity contribution in [2.45, 2.75) is 52.9 Å². The van der Waals surface area contributed by atoms with Gasteiger partial charge in [-0.2, -0.15) is 0 Å². The van der Waals surface area contributed by atoms with E-state index in [1.54, 1.807) is 6.20 Å². The number of hydrogen-bond acceptors (Lipinski definition) is 4. The molecule has 0 aliphatic carbocycles. The van der Waals surface area contributed by atoms with Crippen LogP contribution in [0.3, 0.4) is 0 Å². The fourth-order valence-corrected chi connectivity index (χ4v) is 3.42. The van der Waals surface area contributed by atoms with E-state index in [1.807, 2.05) is 13.1 Å². The zero-order valence-electron chi connectivity index (χ0n) is 13.8. The summed E-state index contributed by atoms with van der Waals surface area (Å²) in [4.78, 5) is 4.34. The van der Waals surface area contributed by atoms with Crippen molar-refractivity contribution in [3.8, 4) is 5.75 Å². The summed E-state index contributed by atoms with van der Waals surface area (Å²) >= 11 is 0. The van der Waals surface area contributed by atoms with Crippen LogP contribution in [0.2, 0.25) is 0 Å². The average Bonchev–Trinajstić information content (AvgIpc) is 2.71. The number of hydrogen-bond donors (Lipinski definition) is 1. The minimum absolute atomic E-state index is 0.245. The Bertz CT molecular complexity index is 452. The number of aromatic nitrogens is 1. The Morgan fingerprint density at radius 3 is 2.57 bits per heavy atom. The second-order valence-corrected chi connectivity index (χ2v) is 5.91. The standard InChI is InChI=1S/C17H28N2O2/c1-6-19-17(16-11(3)12(4)21-13(16)5)14-8-15(20-7-2)10-18-9-14/h8-13,16-17,19H,6-7H2,1-5H3.